The van der Waals surface area contributed by atoms with Gasteiger partial charge in [0.1, 0.15) is 34.6 Å². The predicted molar refractivity (Wildman–Crippen MR) is 121 cm³/mol. The summed E-state index contributed by atoms with van der Waals surface area (Å²) in [7, 11) is 0. The van der Waals surface area contributed by atoms with E-state index in [2.05, 4.69) is 17.6 Å². The molecule has 0 bridgehead atoms. The summed E-state index contributed by atoms with van der Waals surface area (Å²) in [4.78, 5) is 18.2. The first-order valence-electron chi connectivity index (χ1n) is 10.2. The molecule has 1 amide bonds. The van der Waals surface area contributed by atoms with Crippen LogP contribution >= 0.6 is 0 Å². The van der Waals surface area contributed by atoms with Gasteiger partial charge in [0.05, 0.1) is 0 Å². The number of amides is 1. The Morgan fingerprint density at radius 2 is 1.69 bits per heavy atom. The molecule has 0 fully saturated rings. The van der Waals surface area contributed by atoms with Crippen molar-refractivity contribution in [2.45, 2.75) is 6.42 Å². The van der Waals surface area contributed by atoms with Crippen molar-refractivity contribution >= 4 is 11.5 Å². The van der Waals surface area contributed by atoms with E-state index in [-0.39, 0.29) is 11.5 Å². The van der Waals surface area contributed by atoms with Crippen molar-refractivity contribution < 1.29 is 14.3 Å². The van der Waals surface area contributed by atoms with Crippen LogP contribution in [0.4, 0.5) is 0 Å². The number of carbonyl (C=O) groups excluding carboxylic acids is 1. The minimum absolute atomic E-state index is 0.0632. The van der Waals surface area contributed by atoms with Gasteiger partial charge in [-0.1, -0.05) is 30.9 Å². The Hall–Kier alpha value is -4.37. The lowest BCUT2D eigenvalue weighted by molar-refractivity contribution is -0.126. The molecule has 4 rings (SSSR count). The summed E-state index contributed by atoms with van der Waals surface area (Å²) in [5, 5.41) is 8.98. The number of rotatable bonds is 6. The molecule has 0 saturated carbocycles. The number of nitriles is 1. The highest BCUT2D eigenvalue weighted by Gasteiger charge is 2.22. The summed E-state index contributed by atoms with van der Waals surface area (Å²) in [6.07, 6.45) is 6.13. The lowest BCUT2D eigenvalue weighted by atomic mass is 10.0. The van der Waals surface area contributed by atoms with E-state index in [4.69, 9.17) is 14.7 Å². The highest BCUT2D eigenvalue weighted by molar-refractivity contribution is 5.97. The monoisotopic (exact) mass is 423 g/mol. The molecule has 6 nitrogen and oxygen atoms in total. The van der Waals surface area contributed by atoms with Crippen LogP contribution in [0, 0.1) is 11.3 Å². The molecule has 32 heavy (non-hydrogen) atoms. The highest BCUT2D eigenvalue weighted by atomic mass is 16.5. The maximum Gasteiger partial charge on any atom is 0.264 e. The zero-order valence-corrected chi connectivity index (χ0v) is 17.4. The van der Waals surface area contributed by atoms with Crippen LogP contribution < -0.4 is 9.47 Å². The molecule has 0 spiro atoms. The highest BCUT2D eigenvalue weighted by Crippen LogP contribution is 2.33. The summed E-state index contributed by atoms with van der Waals surface area (Å²) < 4.78 is 11.9. The largest absolute Gasteiger partial charge is 0.457 e. The third kappa shape index (κ3) is 4.85. The van der Waals surface area contributed by atoms with E-state index in [9.17, 15) is 4.79 Å². The fraction of sp³-hybridized carbons (Fsp3) is 0.115. The van der Waals surface area contributed by atoms with Gasteiger partial charge in [-0.2, -0.15) is 5.26 Å². The van der Waals surface area contributed by atoms with Gasteiger partial charge in [0.25, 0.3) is 5.91 Å². The van der Waals surface area contributed by atoms with Gasteiger partial charge in [-0.15, -0.1) is 0 Å². The SMILES string of the molecule is C=C(C#N)C(=O)N1CCC=C(c2cnccc2Oc2ccc(Oc3ccccc3)cc2)C1. The van der Waals surface area contributed by atoms with Crippen molar-refractivity contribution in [3.8, 4) is 29.1 Å². The molecule has 0 unspecified atom stereocenters. The smallest absolute Gasteiger partial charge is 0.264 e. The Kier molecular flexibility index (Phi) is 6.28. The van der Waals surface area contributed by atoms with Crippen molar-refractivity contribution in [3.05, 3.63) is 96.8 Å². The van der Waals surface area contributed by atoms with Crippen LogP contribution in [0.5, 0.6) is 23.0 Å². The van der Waals surface area contributed by atoms with Gasteiger partial charge in [-0.05, 0) is 54.5 Å². The number of benzene rings is 2. The van der Waals surface area contributed by atoms with E-state index in [1.165, 1.54) is 0 Å². The first-order chi connectivity index (χ1) is 15.6. The molecule has 6 heteroatoms. The Labute approximate surface area is 186 Å². The number of aromatic nitrogens is 1. The van der Waals surface area contributed by atoms with E-state index in [0.29, 0.717) is 36.8 Å². The second-order valence-electron chi connectivity index (χ2n) is 7.20. The number of pyridine rings is 1. The normalized spacial score (nSPS) is 13.0. The standard InChI is InChI=1S/C26H21N3O3/c1-19(16-27)26(30)29-15-5-6-20(18-29)24-17-28-14-13-25(24)32-23-11-9-22(10-12-23)31-21-7-3-2-4-8-21/h2-4,6-14,17H,1,5,15,18H2. The molecule has 0 aliphatic carbocycles. The average molecular weight is 423 g/mol. The first-order valence-corrected chi connectivity index (χ1v) is 10.2. The lowest BCUT2D eigenvalue weighted by Crippen LogP contribution is -2.36. The second-order valence-corrected chi connectivity index (χ2v) is 7.20. The summed E-state index contributed by atoms with van der Waals surface area (Å²) in [6.45, 7) is 4.44. The van der Waals surface area contributed by atoms with Gasteiger partial charge >= 0.3 is 0 Å². The van der Waals surface area contributed by atoms with Crippen molar-refractivity contribution in [2.75, 3.05) is 13.1 Å². The summed E-state index contributed by atoms with van der Waals surface area (Å²) >= 11 is 0. The van der Waals surface area contributed by atoms with Crippen LogP contribution in [0.15, 0.2) is 91.3 Å². The van der Waals surface area contributed by atoms with Gasteiger partial charge in [0.15, 0.2) is 0 Å². The van der Waals surface area contributed by atoms with Crippen molar-refractivity contribution in [1.29, 1.82) is 5.26 Å². The van der Waals surface area contributed by atoms with Crippen LogP contribution in [0.2, 0.25) is 0 Å². The average Bonchev–Trinajstić information content (AvgIpc) is 2.85. The topological polar surface area (TPSA) is 75.5 Å². The maximum atomic E-state index is 12.4. The Bertz CT molecular complexity index is 1190. The zero-order valence-electron chi connectivity index (χ0n) is 17.4. The van der Waals surface area contributed by atoms with E-state index in [1.807, 2.05) is 60.7 Å². The number of para-hydroxylation sites is 1. The molecular formula is C26H21N3O3. The summed E-state index contributed by atoms with van der Waals surface area (Å²) in [5.74, 6) is 2.41. The first kappa shape index (κ1) is 20.9. The molecule has 3 aromatic rings. The van der Waals surface area contributed by atoms with E-state index < -0.39 is 0 Å². The molecule has 1 aromatic heterocycles. The fourth-order valence-electron chi connectivity index (χ4n) is 3.39. The second kappa shape index (κ2) is 9.63. The summed E-state index contributed by atoms with van der Waals surface area (Å²) in [6, 6.07) is 20.5. The molecule has 0 saturated heterocycles. The predicted octanol–water partition coefficient (Wildman–Crippen LogP) is 5.36. The summed E-state index contributed by atoms with van der Waals surface area (Å²) in [5.41, 5.74) is 1.66. The number of ether oxygens (including phenoxy) is 2. The van der Waals surface area contributed by atoms with Crippen LogP contribution in [-0.2, 0) is 4.79 Å². The van der Waals surface area contributed by atoms with Gasteiger partial charge in [0, 0.05) is 31.0 Å². The quantitative estimate of drug-likeness (QED) is 0.394. The number of hydrogen-bond donors (Lipinski definition) is 0. The molecule has 1 aliphatic heterocycles. The Balaban J connectivity index is 1.49. The van der Waals surface area contributed by atoms with Gasteiger partial charge in [-0.3, -0.25) is 9.78 Å². The van der Waals surface area contributed by atoms with Crippen molar-refractivity contribution in [1.82, 2.24) is 9.88 Å². The number of carbonyl (C=O) groups is 1. The molecule has 0 N–H and O–H groups in total. The molecule has 1 aliphatic rings. The van der Waals surface area contributed by atoms with Crippen LogP contribution in [0.1, 0.15) is 12.0 Å². The maximum absolute atomic E-state index is 12.4. The minimum atomic E-state index is -0.349. The number of hydrogen-bond acceptors (Lipinski definition) is 5. The Morgan fingerprint density at radius 1 is 1.00 bits per heavy atom. The van der Waals surface area contributed by atoms with Crippen LogP contribution in [0.25, 0.3) is 5.57 Å². The molecule has 2 heterocycles. The number of nitrogens with zero attached hydrogens (tertiary/aromatic N) is 3. The molecule has 0 radical (unpaired) electrons. The van der Waals surface area contributed by atoms with E-state index in [1.54, 1.807) is 23.4 Å². The zero-order chi connectivity index (χ0) is 22.3. The third-order valence-electron chi connectivity index (χ3n) is 4.99. The molecule has 2 aromatic carbocycles. The molecular weight excluding hydrogens is 402 g/mol. The van der Waals surface area contributed by atoms with Gasteiger partial charge < -0.3 is 14.4 Å². The van der Waals surface area contributed by atoms with E-state index in [0.717, 1.165) is 16.9 Å². The van der Waals surface area contributed by atoms with Crippen LogP contribution in [-0.4, -0.2) is 28.9 Å². The van der Waals surface area contributed by atoms with Gasteiger partial charge in [-0.25, -0.2) is 0 Å². The van der Waals surface area contributed by atoms with Gasteiger partial charge in [0.2, 0.25) is 0 Å². The van der Waals surface area contributed by atoms with Crippen molar-refractivity contribution in [2.24, 2.45) is 0 Å². The minimum Gasteiger partial charge on any atom is -0.457 e. The molecule has 158 valence electrons. The lowest BCUT2D eigenvalue weighted by Gasteiger charge is -2.27. The van der Waals surface area contributed by atoms with Crippen LogP contribution in [0.3, 0.4) is 0 Å². The third-order valence-corrected chi connectivity index (χ3v) is 4.99. The van der Waals surface area contributed by atoms with E-state index >= 15 is 0 Å². The van der Waals surface area contributed by atoms with Crippen molar-refractivity contribution in [3.63, 3.8) is 0 Å². The molecule has 0 atom stereocenters. The fourth-order valence-corrected chi connectivity index (χ4v) is 3.39. The Morgan fingerprint density at radius 3 is 2.41 bits per heavy atom.